The molecule has 2 aromatic rings. The number of carbonyl (C=O) groups is 1. The van der Waals surface area contributed by atoms with Crippen molar-refractivity contribution in [1.82, 2.24) is 14.5 Å². The Kier molecular flexibility index (Phi) is 9.28. The highest BCUT2D eigenvalue weighted by Crippen LogP contribution is 2.24. The van der Waals surface area contributed by atoms with Crippen molar-refractivity contribution in [3.8, 4) is 0 Å². The van der Waals surface area contributed by atoms with Crippen molar-refractivity contribution in [2.45, 2.75) is 12.3 Å². The van der Waals surface area contributed by atoms with Crippen LogP contribution in [0.25, 0.3) is 0 Å². The molecule has 1 amide bonds. The number of rotatable bonds is 9. The van der Waals surface area contributed by atoms with Gasteiger partial charge in [0.15, 0.2) is 0 Å². The number of nitrogens with one attached hydrogen (secondary N) is 1. The number of benzene rings is 2. The normalized spacial score (nSPS) is 15.6. The van der Waals surface area contributed by atoms with E-state index in [1.807, 2.05) is 30.3 Å². The summed E-state index contributed by atoms with van der Waals surface area (Å²) < 4.78 is 24.8. The van der Waals surface area contributed by atoms with Crippen molar-refractivity contribution in [2.75, 3.05) is 44.7 Å². The van der Waals surface area contributed by atoms with Crippen molar-refractivity contribution < 1.29 is 13.2 Å². The van der Waals surface area contributed by atoms with Gasteiger partial charge in [-0.05, 0) is 35.4 Å². The summed E-state index contributed by atoms with van der Waals surface area (Å²) in [6.45, 7) is 3.61. The smallest absolute Gasteiger partial charge is 0.251 e. The van der Waals surface area contributed by atoms with Gasteiger partial charge in [-0.3, -0.25) is 9.69 Å². The third-order valence-electron chi connectivity index (χ3n) is 5.20. The monoisotopic (exact) mass is 515 g/mol. The van der Waals surface area contributed by atoms with Gasteiger partial charge in [0.1, 0.15) is 0 Å². The zero-order valence-corrected chi connectivity index (χ0v) is 21.0. The first kappa shape index (κ1) is 25.3. The lowest BCUT2D eigenvalue weighted by Gasteiger charge is -2.33. The van der Waals surface area contributed by atoms with Crippen LogP contribution >= 0.6 is 35.0 Å². The number of carbonyl (C=O) groups excluding carboxylic acids is 1. The topological polar surface area (TPSA) is 69.7 Å². The zero-order valence-electron chi connectivity index (χ0n) is 17.9. The minimum atomic E-state index is -3.13. The summed E-state index contributed by atoms with van der Waals surface area (Å²) in [4.78, 5) is 14.7. The lowest BCUT2D eigenvalue weighted by Crippen LogP contribution is -2.47. The Morgan fingerprint density at radius 3 is 2.53 bits per heavy atom. The fraction of sp³-hybridized carbons (Fsp3) is 0.409. The number of sulfonamides is 1. The molecular weight excluding hydrogens is 489 g/mol. The first-order valence-electron chi connectivity index (χ1n) is 10.3. The Hall–Kier alpha value is -1.29. The van der Waals surface area contributed by atoms with Crippen LogP contribution < -0.4 is 5.32 Å². The largest absolute Gasteiger partial charge is 0.351 e. The second-order valence-electron chi connectivity index (χ2n) is 7.68. The Labute approximate surface area is 204 Å². The Balaban J connectivity index is 1.42. The minimum Gasteiger partial charge on any atom is -0.351 e. The molecule has 0 aromatic heterocycles. The molecule has 10 heteroatoms. The highest BCUT2D eigenvalue weighted by Gasteiger charge is 2.23. The molecule has 1 heterocycles. The summed E-state index contributed by atoms with van der Waals surface area (Å²) in [5.74, 6) is 1.43. The van der Waals surface area contributed by atoms with E-state index in [2.05, 4.69) is 10.2 Å². The van der Waals surface area contributed by atoms with E-state index in [1.54, 1.807) is 23.9 Å². The molecule has 1 N–H and O–H groups in total. The molecule has 174 valence electrons. The third-order valence-corrected chi connectivity index (χ3v) is 8.10. The number of piperazine rings is 1. The second-order valence-corrected chi connectivity index (χ2v) is 11.6. The average molecular weight is 517 g/mol. The maximum absolute atomic E-state index is 12.5. The fourth-order valence-corrected chi connectivity index (χ4v) is 5.69. The van der Waals surface area contributed by atoms with Gasteiger partial charge in [-0.25, -0.2) is 8.42 Å². The van der Waals surface area contributed by atoms with Crippen LogP contribution in [0.1, 0.15) is 21.5 Å². The molecule has 0 atom stereocenters. The molecular formula is C22H27Cl2N3O3S2. The van der Waals surface area contributed by atoms with Crippen LogP contribution in [0.3, 0.4) is 0 Å². The van der Waals surface area contributed by atoms with Crippen LogP contribution in [0, 0.1) is 0 Å². The molecule has 0 aliphatic carbocycles. The molecule has 0 spiro atoms. The predicted octanol–water partition coefficient (Wildman–Crippen LogP) is 3.73. The standard InChI is InChI=1S/C22H27Cl2N3O3S2/c1-32(29,30)27-10-8-26(9-11-27)15-17-3-2-4-18(13-17)22(28)25-7-12-31-16-19-5-6-20(23)14-21(19)24/h2-6,13-14H,7-12,15-16H2,1H3,(H,25,28). The van der Waals surface area contributed by atoms with Gasteiger partial charge in [-0.2, -0.15) is 16.1 Å². The number of thioether (sulfide) groups is 1. The van der Waals surface area contributed by atoms with Gasteiger partial charge in [-0.1, -0.05) is 41.4 Å². The van der Waals surface area contributed by atoms with Gasteiger partial charge >= 0.3 is 0 Å². The zero-order chi connectivity index (χ0) is 23.1. The average Bonchev–Trinajstić information content (AvgIpc) is 2.74. The molecule has 1 saturated heterocycles. The highest BCUT2D eigenvalue weighted by molar-refractivity contribution is 7.98. The highest BCUT2D eigenvalue weighted by atomic mass is 35.5. The van der Waals surface area contributed by atoms with Gasteiger partial charge in [0.2, 0.25) is 10.0 Å². The molecule has 0 bridgehead atoms. The van der Waals surface area contributed by atoms with E-state index in [0.29, 0.717) is 54.9 Å². The number of nitrogens with zero attached hydrogens (tertiary/aromatic N) is 2. The summed E-state index contributed by atoms with van der Waals surface area (Å²) in [5.41, 5.74) is 2.69. The second kappa shape index (κ2) is 11.7. The van der Waals surface area contributed by atoms with Gasteiger partial charge in [0.05, 0.1) is 6.26 Å². The molecule has 2 aromatic carbocycles. The Bertz CT molecular complexity index is 1040. The van der Waals surface area contributed by atoms with Crippen LogP contribution in [-0.2, 0) is 22.3 Å². The first-order valence-corrected chi connectivity index (χ1v) is 14.0. The van der Waals surface area contributed by atoms with E-state index in [0.717, 1.165) is 22.6 Å². The van der Waals surface area contributed by atoms with Crippen molar-refractivity contribution in [3.05, 3.63) is 69.2 Å². The van der Waals surface area contributed by atoms with E-state index in [1.165, 1.54) is 10.6 Å². The Morgan fingerprint density at radius 1 is 1.09 bits per heavy atom. The molecule has 3 rings (SSSR count). The summed E-state index contributed by atoms with van der Waals surface area (Å²) in [7, 11) is -3.13. The van der Waals surface area contributed by atoms with E-state index in [-0.39, 0.29) is 5.91 Å². The third kappa shape index (κ3) is 7.64. The summed E-state index contributed by atoms with van der Waals surface area (Å²) >= 11 is 13.8. The first-order chi connectivity index (χ1) is 15.2. The minimum absolute atomic E-state index is 0.0983. The van der Waals surface area contributed by atoms with E-state index >= 15 is 0 Å². The maximum Gasteiger partial charge on any atom is 0.251 e. The van der Waals surface area contributed by atoms with Crippen LogP contribution in [0.4, 0.5) is 0 Å². The van der Waals surface area contributed by atoms with E-state index in [4.69, 9.17) is 23.2 Å². The molecule has 0 saturated carbocycles. The number of halogens is 2. The molecule has 1 aliphatic rings. The lowest BCUT2D eigenvalue weighted by atomic mass is 10.1. The quantitative estimate of drug-likeness (QED) is 0.515. The molecule has 32 heavy (non-hydrogen) atoms. The summed E-state index contributed by atoms with van der Waals surface area (Å²) in [6.07, 6.45) is 1.25. The number of hydrogen-bond acceptors (Lipinski definition) is 5. The van der Waals surface area contributed by atoms with Gasteiger partial charge in [0.25, 0.3) is 5.91 Å². The van der Waals surface area contributed by atoms with Gasteiger partial charge in [-0.15, -0.1) is 0 Å². The molecule has 6 nitrogen and oxygen atoms in total. The number of hydrogen-bond donors (Lipinski definition) is 1. The molecule has 1 fully saturated rings. The van der Waals surface area contributed by atoms with Crippen LogP contribution in [0.5, 0.6) is 0 Å². The van der Waals surface area contributed by atoms with Crippen molar-refractivity contribution >= 4 is 50.9 Å². The van der Waals surface area contributed by atoms with E-state index < -0.39 is 10.0 Å². The lowest BCUT2D eigenvalue weighted by molar-refractivity contribution is 0.0956. The van der Waals surface area contributed by atoms with E-state index in [9.17, 15) is 13.2 Å². The molecule has 1 aliphatic heterocycles. The van der Waals surface area contributed by atoms with Gasteiger partial charge in [0, 0.05) is 66.4 Å². The van der Waals surface area contributed by atoms with Crippen LogP contribution in [0.2, 0.25) is 10.0 Å². The molecule has 0 unspecified atom stereocenters. The van der Waals surface area contributed by atoms with Crippen molar-refractivity contribution in [1.29, 1.82) is 0 Å². The summed E-state index contributed by atoms with van der Waals surface area (Å²) in [5, 5.41) is 4.24. The number of amides is 1. The molecule has 0 radical (unpaired) electrons. The van der Waals surface area contributed by atoms with Crippen LogP contribution in [-0.4, -0.2) is 68.3 Å². The van der Waals surface area contributed by atoms with Crippen LogP contribution in [0.15, 0.2) is 42.5 Å². The fourth-order valence-electron chi connectivity index (χ4n) is 3.45. The van der Waals surface area contributed by atoms with Crippen molar-refractivity contribution in [3.63, 3.8) is 0 Å². The van der Waals surface area contributed by atoms with Gasteiger partial charge < -0.3 is 5.32 Å². The SMILES string of the molecule is CS(=O)(=O)N1CCN(Cc2cccc(C(=O)NCCSCc3ccc(Cl)cc3Cl)c2)CC1. The Morgan fingerprint density at radius 2 is 1.84 bits per heavy atom. The predicted molar refractivity (Wildman–Crippen MR) is 133 cm³/mol. The summed E-state index contributed by atoms with van der Waals surface area (Å²) in [6, 6.07) is 13.1. The maximum atomic E-state index is 12.5. The van der Waals surface area contributed by atoms with Crippen molar-refractivity contribution in [2.24, 2.45) is 0 Å².